The van der Waals surface area contributed by atoms with Gasteiger partial charge >= 0.3 is 0 Å². The lowest BCUT2D eigenvalue weighted by Crippen LogP contribution is -2.10. The van der Waals surface area contributed by atoms with Crippen molar-refractivity contribution in [2.45, 2.75) is 0 Å². The lowest BCUT2D eigenvalue weighted by atomic mass is 10.3. The monoisotopic (exact) mass is 374 g/mol. The Bertz CT molecular complexity index is 523. The molecule has 2 aromatic rings. The molecule has 0 unspecified atom stereocenters. The van der Waals surface area contributed by atoms with Crippen LogP contribution in [0.2, 0.25) is 0 Å². The standard InChI is InChI=1S/C12H8Br2O2S/c13-8-3-4-11(9(14)6-8)16-7-10(15)12-2-1-5-17-12/h1-6H,7H2. The zero-order chi connectivity index (χ0) is 12.3. The molecule has 0 saturated carbocycles. The molecule has 1 aromatic carbocycles. The molecule has 0 atom stereocenters. The van der Waals surface area contributed by atoms with Gasteiger partial charge in [0.05, 0.1) is 9.35 Å². The Morgan fingerprint density at radius 2 is 2.12 bits per heavy atom. The minimum Gasteiger partial charge on any atom is -0.484 e. The lowest BCUT2D eigenvalue weighted by molar-refractivity contribution is 0.0925. The second-order valence-corrected chi connectivity index (χ2v) is 5.98. The molecule has 2 nitrogen and oxygen atoms in total. The van der Waals surface area contributed by atoms with E-state index in [-0.39, 0.29) is 12.4 Å². The molecule has 0 bridgehead atoms. The third-order valence-corrected chi connectivity index (χ3v) is 4.07. The van der Waals surface area contributed by atoms with Crippen molar-refractivity contribution in [3.8, 4) is 5.75 Å². The van der Waals surface area contributed by atoms with Gasteiger partial charge in [-0.25, -0.2) is 0 Å². The van der Waals surface area contributed by atoms with Crippen molar-refractivity contribution in [3.63, 3.8) is 0 Å². The normalized spacial score (nSPS) is 10.2. The Hall–Kier alpha value is -0.650. The first-order valence-corrected chi connectivity index (χ1v) is 7.28. The van der Waals surface area contributed by atoms with Gasteiger partial charge in [-0.2, -0.15) is 0 Å². The van der Waals surface area contributed by atoms with Gasteiger partial charge < -0.3 is 4.74 Å². The molecule has 0 aliphatic carbocycles. The molecule has 0 aliphatic rings. The van der Waals surface area contributed by atoms with Crippen LogP contribution in [0.5, 0.6) is 5.75 Å². The van der Waals surface area contributed by atoms with E-state index in [0.29, 0.717) is 5.75 Å². The summed E-state index contributed by atoms with van der Waals surface area (Å²) in [7, 11) is 0. The van der Waals surface area contributed by atoms with Crippen molar-refractivity contribution in [3.05, 3.63) is 49.5 Å². The van der Waals surface area contributed by atoms with Gasteiger partial charge in [-0.15, -0.1) is 11.3 Å². The van der Waals surface area contributed by atoms with Crippen LogP contribution < -0.4 is 4.74 Å². The van der Waals surface area contributed by atoms with Crippen molar-refractivity contribution in [2.75, 3.05) is 6.61 Å². The highest BCUT2D eigenvalue weighted by Crippen LogP contribution is 2.28. The second-order valence-electron chi connectivity index (χ2n) is 3.26. The molecule has 2 rings (SSSR count). The number of hydrogen-bond donors (Lipinski definition) is 0. The summed E-state index contributed by atoms with van der Waals surface area (Å²) in [6, 6.07) is 9.22. The summed E-state index contributed by atoms with van der Waals surface area (Å²) in [5.74, 6) is 0.660. The quantitative estimate of drug-likeness (QED) is 0.733. The van der Waals surface area contributed by atoms with Crippen molar-refractivity contribution < 1.29 is 9.53 Å². The number of benzene rings is 1. The summed E-state index contributed by atoms with van der Waals surface area (Å²) in [5.41, 5.74) is 0. The number of ketones is 1. The molecule has 0 N–H and O–H groups in total. The van der Waals surface area contributed by atoms with E-state index < -0.39 is 0 Å². The maximum Gasteiger partial charge on any atom is 0.210 e. The van der Waals surface area contributed by atoms with Gasteiger partial charge in [0.15, 0.2) is 6.61 Å². The molecular formula is C12H8Br2O2S. The molecule has 1 heterocycles. The van der Waals surface area contributed by atoms with Gasteiger partial charge in [0.1, 0.15) is 5.75 Å². The summed E-state index contributed by atoms with van der Waals surface area (Å²) < 4.78 is 7.25. The van der Waals surface area contributed by atoms with E-state index in [9.17, 15) is 4.79 Å². The average molecular weight is 376 g/mol. The SMILES string of the molecule is O=C(COc1ccc(Br)cc1Br)c1cccs1. The van der Waals surface area contributed by atoms with Crippen molar-refractivity contribution in [2.24, 2.45) is 0 Å². The van der Waals surface area contributed by atoms with Gasteiger partial charge in [-0.3, -0.25) is 4.79 Å². The summed E-state index contributed by atoms with van der Waals surface area (Å²) in [5, 5.41) is 1.88. The summed E-state index contributed by atoms with van der Waals surface area (Å²) in [6.45, 7) is 0.0563. The van der Waals surface area contributed by atoms with Gasteiger partial charge in [0.2, 0.25) is 5.78 Å². The van der Waals surface area contributed by atoms with E-state index in [1.54, 1.807) is 6.07 Å². The number of carbonyl (C=O) groups is 1. The molecule has 5 heteroatoms. The summed E-state index contributed by atoms with van der Waals surface area (Å²) >= 11 is 8.16. The van der Waals surface area contributed by atoms with Crippen LogP contribution >= 0.6 is 43.2 Å². The highest BCUT2D eigenvalue weighted by Gasteiger charge is 2.09. The predicted octanol–water partition coefficient (Wildman–Crippen LogP) is 4.53. The first-order chi connectivity index (χ1) is 8.16. The Morgan fingerprint density at radius 1 is 1.29 bits per heavy atom. The minimum atomic E-state index is -0.00480. The van der Waals surface area contributed by atoms with Crippen LogP contribution in [0, 0.1) is 0 Å². The van der Waals surface area contributed by atoms with E-state index in [1.807, 2.05) is 29.6 Å². The van der Waals surface area contributed by atoms with E-state index >= 15 is 0 Å². The summed E-state index contributed by atoms with van der Waals surface area (Å²) in [6.07, 6.45) is 0. The molecule has 88 valence electrons. The molecule has 0 aliphatic heterocycles. The Balaban J connectivity index is 2.01. The maximum absolute atomic E-state index is 11.7. The van der Waals surface area contributed by atoms with Gasteiger partial charge in [0, 0.05) is 4.47 Å². The second kappa shape index (κ2) is 5.80. The molecule has 0 saturated heterocycles. The molecule has 0 amide bonds. The first-order valence-electron chi connectivity index (χ1n) is 4.81. The fourth-order valence-corrected chi connectivity index (χ4v) is 3.06. The number of halogens is 2. The van der Waals surface area contributed by atoms with Crippen molar-refractivity contribution in [1.29, 1.82) is 0 Å². The Morgan fingerprint density at radius 3 is 2.76 bits per heavy atom. The van der Waals surface area contributed by atoms with Gasteiger partial charge in [-0.1, -0.05) is 22.0 Å². The van der Waals surface area contributed by atoms with Crippen LogP contribution in [-0.2, 0) is 0 Å². The summed E-state index contributed by atoms with van der Waals surface area (Å²) in [4.78, 5) is 12.4. The molecule has 0 radical (unpaired) electrons. The highest BCUT2D eigenvalue weighted by atomic mass is 79.9. The molecular weight excluding hydrogens is 368 g/mol. The number of hydrogen-bond acceptors (Lipinski definition) is 3. The highest BCUT2D eigenvalue weighted by molar-refractivity contribution is 9.11. The number of carbonyl (C=O) groups excluding carboxylic acids is 1. The largest absolute Gasteiger partial charge is 0.484 e. The van der Waals surface area contributed by atoms with Gasteiger partial charge in [0.25, 0.3) is 0 Å². The van der Waals surface area contributed by atoms with Crippen LogP contribution in [0.15, 0.2) is 44.7 Å². The molecule has 0 spiro atoms. The van der Waals surface area contributed by atoms with E-state index in [0.717, 1.165) is 13.8 Å². The Kier molecular flexibility index (Phi) is 4.36. The fraction of sp³-hybridized carbons (Fsp3) is 0.0833. The van der Waals surface area contributed by atoms with Crippen molar-refractivity contribution in [1.82, 2.24) is 0 Å². The zero-order valence-electron chi connectivity index (χ0n) is 8.65. The van der Waals surface area contributed by atoms with Crippen LogP contribution in [0.1, 0.15) is 9.67 Å². The molecule has 17 heavy (non-hydrogen) atoms. The fourth-order valence-electron chi connectivity index (χ4n) is 1.24. The number of Topliss-reactive ketones (excluding diaryl/α,β-unsaturated/α-hetero) is 1. The van der Waals surface area contributed by atoms with Crippen LogP contribution in [-0.4, -0.2) is 12.4 Å². The molecule has 1 aromatic heterocycles. The number of ether oxygens (including phenoxy) is 1. The smallest absolute Gasteiger partial charge is 0.210 e. The average Bonchev–Trinajstić information content (AvgIpc) is 2.81. The third-order valence-electron chi connectivity index (χ3n) is 2.05. The predicted molar refractivity (Wildman–Crippen MR) is 76.0 cm³/mol. The van der Waals surface area contributed by atoms with Gasteiger partial charge in [-0.05, 0) is 45.6 Å². The number of thiophene rings is 1. The third kappa shape index (κ3) is 3.40. The van der Waals surface area contributed by atoms with E-state index in [2.05, 4.69) is 31.9 Å². The van der Waals surface area contributed by atoms with E-state index in [1.165, 1.54) is 11.3 Å². The lowest BCUT2D eigenvalue weighted by Gasteiger charge is -2.06. The van der Waals surface area contributed by atoms with Crippen LogP contribution in [0.4, 0.5) is 0 Å². The van der Waals surface area contributed by atoms with Crippen LogP contribution in [0.3, 0.4) is 0 Å². The molecule has 0 fully saturated rings. The number of rotatable bonds is 4. The van der Waals surface area contributed by atoms with Crippen LogP contribution in [0.25, 0.3) is 0 Å². The minimum absolute atomic E-state index is 0.00480. The Labute approximate surface area is 120 Å². The van der Waals surface area contributed by atoms with Crippen molar-refractivity contribution >= 4 is 49.0 Å². The zero-order valence-corrected chi connectivity index (χ0v) is 12.6. The maximum atomic E-state index is 11.7. The first kappa shape index (κ1) is 12.8. The van der Waals surface area contributed by atoms with E-state index in [4.69, 9.17) is 4.74 Å². The topological polar surface area (TPSA) is 26.3 Å².